The molecule has 0 amide bonds. The number of rotatable bonds is 2. The molecule has 17 heavy (non-hydrogen) atoms. The van der Waals surface area contributed by atoms with Crippen molar-refractivity contribution < 1.29 is 8.42 Å². The Morgan fingerprint density at radius 3 is 2.88 bits per heavy atom. The summed E-state index contributed by atoms with van der Waals surface area (Å²) in [6.07, 6.45) is 0.815. The predicted octanol–water partition coefficient (Wildman–Crippen LogP) is 0.604. The Morgan fingerprint density at radius 2 is 2.18 bits per heavy atom. The minimum Gasteiger partial charge on any atom is -0.315 e. The summed E-state index contributed by atoms with van der Waals surface area (Å²) in [5.41, 5.74) is 0. The van der Waals surface area contributed by atoms with E-state index in [4.69, 9.17) is 5.26 Å². The molecule has 0 spiro atoms. The molecule has 1 N–H and O–H groups in total. The van der Waals surface area contributed by atoms with E-state index in [1.807, 2.05) is 6.07 Å². The largest absolute Gasteiger partial charge is 0.315 e. The van der Waals surface area contributed by atoms with E-state index in [0.29, 0.717) is 24.5 Å². The fourth-order valence-corrected chi connectivity index (χ4v) is 4.44. The van der Waals surface area contributed by atoms with Gasteiger partial charge in [-0.05, 0) is 25.1 Å². The van der Waals surface area contributed by atoms with Gasteiger partial charge in [-0.3, -0.25) is 0 Å². The van der Waals surface area contributed by atoms with Gasteiger partial charge in [-0.1, -0.05) is 0 Å². The molecule has 1 aromatic rings. The Bertz CT molecular complexity index is 522. The molecule has 0 atom stereocenters. The van der Waals surface area contributed by atoms with Crippen LogP contribution in [0.2, 0.25) is 0 Å². The number of sulfonamides is 1. The van der Waals surface area contributed by atoms with Crippen molar-refractivity contribution in [3.8, 4) is 6.07 Å². The van der Waals surface area contributed by atoms with Crippen LogP contribution in [0.1, 0.15) is 11.3 Å². The first kappa shape index (κ1) is 12.5. The molecule has 0 radical (unpaired) electrons. The maximum Gasteiger partial charge on any atom is 0.252 e. The molecule has 0 bridgehead atoms. The number of nitriles is 1. The SMILES string of the molecule is N#Cc1ccc(S(=O)(=O)N2CCCNCC2)s1. The average Bonchev–Trinajstić information content (AvgIpc) is 2.64. The maximum atomic E-state index is 12.3. The van der Waals surface area contributed by atoms with Gasteiger partial charge in [-0.2, -0.15) is 9.57 Å². The summed E-state index contributed by atoms with van der Waals surface area (Å²) in [4.78, 5) is 0.427. The Morgan fingerprint density at radius 1 is 1.35 bits per heavy atom. The smallest absolute Gasteiger partial charge is 0.252 e. The van der Waals surface area contributed by atoms with Gasteiger partial charge in [0.1, 0.15) is 15.2 Å². The third-order valence-electron chi connectivity index (χ3n) is 2.58. The van der Waals surface area contributed by atoms with Gasteiger partial charge < -0.3 is 5.32 Å². The van der Waals surface area contributed by atoms with E-state index in [2.05, 4.69) is 5.32 Å². The minimum absolute atomic E-state index is 0.260. The zero-order valence-electron chi connectivity index (χ0n) is 9.22. The molecule has 1 aliphatic heterocycles. The number of thiophene rings is 1. The second-order valence-corrected chi connectivity index (χ2v) is 6.99. The molecule has 1 saturated heterocycles. The highest BCUT2D eigenvalue weighted by molar-refractivity contribution is 7.91. The van der Waals surface area contributed by atoms with Gasteiger partial charge in [0.15, 0.2) is 0 Å². The first-order valence-corrected chi connectivity index (χ1v) is 7.61. The Balaban J connectivity index is 2.25. The van der Waals surface area contributed by atoms with Gasteiger partial charge in [-0.25, -0.2) is 8.42 Å². The second-order valence-electron chi connectivity index (χ2n) is 3.74. The van der Waals surface area contributed by atoms with Crippen LogP contribution in [0.5, 0.6) is 0 Å². The lowest BCUT2D eigenvalue weighted by atomic mass is 10.4. The molecule has 1 aromatic heterocycles. The molecular weight excluding hydrogens is 258 g/mol. The van der Waals surface area contributed by atoms with E-state index in [1.54, 1.807) is 6.07 Å². The van der Waals surface area contributed by atoms with Crippen LogP contribution in [0.25, 0.3) is 0 Å². The van der Waals surface area contributed by atoms with Gasteiger partial charge in [-0.15, -0.1) is 11.3 Å². The number of nitrogens with zero attached hydrogens (tertiary/aromatic N) is 2. The summed E-state index contributed by atoms with van der Waals surface area (Å²) in [7, 11) is -3.41. The summed E-state index contributed by atoms with van der Waals surface area (Å²) in [5.74, 6) is 0. The predicted molar refractivity (Wildman–Crippen MR) is 65.3 cm³/mol. The monoisotopic (exact) mass is 271 g/mol. The normalized spacial score (nSPS) is 18.5. The van der Waals surface area contributed by atoms with E-state index in [0.717, 1.165) is 24.3 Å². The molecular formula is C10H13N3O2S2. The van der Waals surface area contributed by atoms with Crippen molar-refractivity contribution in [2.45, 2.75) is 10.6 Å². The Hall–Kier alpha value is -0.940. The molecule has 0 saturated carbocycles. The van der Waals surface area contributed by atoms with E-state index in [-0.39, 0.29) is 4.21 Å². The number of hydrogen-bond acceptors (Lipinski definition) is 5. The maximum absolute atomic E-state index is 12.3. The molecule has 0 unspecified atom stereocenters. The molecule has 0 aliphatic carbocycles. The molecule has 1 aliphatic rings. The number of hydrogen-bond donors (Lipinski definition) is 1. The van der Waals surface area contributed by atoms with Crippen LogP contribution < -0.4 is 5.32 Å². The summed E-state index contributed by atoms with van der Waals surface area (Å²) in [6.45, 7) is 2.55. The van der Waals surface area contributed by atoms with Crippen LogP contribution in [-0.2, 0) is 10.0 Å². The van der Waals surface area contributed by atoms with Gasteiger partial charge in [0.25, 0.3) is 10.0 Å². The van der Waals surface area contributed by atoms with E-state index < -0.39 is 10.0 Å². The summed E-state index contributed by atoms with van der Waals surface area (Å²) < 4.78 is 26.3. The van der Waals surface area contributed by atoms with Crippen molar-refractivity contribution in [3.63, 3.8) is 0 Å². The second kappa shape index (κ2) is 5.14. The van der Waals surface area contributed by atoms with Gasteiger partial charge >= 0.3 is 0 Å². The van der Waals surface area contributed by atoms with Crippen LogP contribution in [0.4, 0.5) is 0 Å². The highest BCUT2D eigenvalue weighted by atomic mass is 32.2. The minimum atomic E-state index is -3.41. The van der Waals surface area contributed by atoms with Crippen molar-refractivity contribution in [2.75, 3.05) is 26.2 Å². The van der Waals surface area contributed by atoms with Crippen LogP contribution in [0.3, 0.4) is 0 Å². The Kier molecular flexibility index (Phi) is 3.79. The van der Waals surface area contributed by atoms with Crippen molar-refractivity contribution in [3.05, 3.63) is 17.0 Å². The number of nitrogens with one attached hydrogen (secondary N) is 1. The third-order valence-corrected chi connectivity index (χ3v) is 5.94. The third kappa shape index (κ3) is 2.66. The zero-order chi connectivity index (χ0) is 12.3. The van der Waals surface area contributed by atoms with Crippen molar-refractivity contribution >= 4 is 21.4 Å². The Labute approximate surface area is 105 Å². The van der Waals surface area contributed by atoms with Crippen LogP contribution in [-0.4, -0.2) is 38.9 Å². The van der Waals surface area contributed by atoms with E-state index in [1.165, 1.54) is 10.4 Å². The van der Waals surface area contributed by atoms with Gasteiger partial charge in [0.05, 0.1) is 0 Å². The topological polar surface area (TPSA) is 73.2 Å². The first-order chi connectivity index (χ1) is 8.14. The summed E-state index contributed by atoms with van der Waals surface area (Å²) >= 11 is 1.03. The van der Waals surface area contributed by atoms with Crippen LogP contribution in [0.15, 0.2) is 16.3 Å². The fraction of sp³-hybridized carbons (Fsp3) is 0.500. The lowest BCUT2D eigenvalue weighted by Crippen LogP contribution is -2.33. The van der Waals surface area contributed by atoms with E-state index >= 15 is 0 Å². The molecule has 5 nitrogen and oxygen atoms in total. The van der Waals surface area contributed by atoms with Gasteiger partial charge in [0, 0.05) is 19.6 Å². The van der Waals surface area contributed by atoms with E-state index in [9.17, 15) is 8.42 Å². The molecule has 2 heterocycles. The molecule has 2 rings (SSSR count). The molecule has 0 aromatic carbocycles. The summed E-state index contributed by atoms with van der Waals surface area (Å²) in [5, 5.41) is 11.9. The van der Waals surface area contributed by atoms with Crippen molar-refractivity contribution in [1.82, 2.24) is 9.62 Å². The molecule has 1 fully saturated rings. The van der Waals surface area contributed by atoms with Crippen LogP contribution >= 0.6 is 11.3 Å². The molecule has 92 valence electrons. The zero-order valence-corrected chi connectivity index (χ0v) is 10.9. The first-order valence-electron chi connectivity index (χ1n) is 5.35. The highest BCUT2D eigenvalue weighted by Gasteiger charge is 2.26. The van der Waals surface area contributed by atoms with Crippen LogP contribution in [0, 0.1) is 11.3 Å². The van der Waals surface area contributed by atoms with Crippen molar-refractivity contribution in [1.29, 1.82) is 5.26 Å². The molecule has 7 heteroatoms. The van der Waals surface area contributed by atoms with Gasteiger partial charge in [0.2, 0.25) is 0 Å². The summed E-state index contributed by atoms with van der Waals surface area (Å²) in [6, 6.07) is 5.02. The van der Waals surface area contributed by atoms with Crippen molar-refractivity contribution in [2.24, 2.45) is 0 Å². The quantitative estimate of drug-likeness (QED) is 0.855. The average molecular weight is 271 g/mol. The highest BCUT2D eigenvalue weighted by Crippen LogP contribution is 2.24. The standard InChI is InChI=1S/C10H13N3O2S2/c11-8-9-2-3-10(16-9)17(14,15)13-6-1-4-12-5-7-13/h2-3,12H,1,4-7H2. The lowest BCUT2D eigenvalue weighted by Gasteiger charge is -2.18. The lowest BCUT2D eigenvalue weighted by molar-refractivity contribution is 0.433. The fourth-order valence-electron chi connectivity index (χ4n) is 1.71.